The molecule has 0 unspecified atom stereocenters. The van der Waals surface area contributed by atoms with Gasteiger partial charge in [-0.05, 0) is 125 Å². The molecule has 0 saturated heterocycles. The first kappa shape index (κ1) is 33.4. The fraction of sp³-hybridized carbons (Fsp3) is 0.0182. The molecular formula is C55H39N. The number of rotatable bonds is 8. The van der Waals surface area contributed by atoms with Crippen LogP contribution in [0, 0.1) is 0 Å². The van der Waals surface area contributed by atoms with Crippen LogP contribution in [0.15, 0.2) is 224 Å². The first-order chi connectivity index (χ1) is 27.7. The van der Waals surface area contributed by atoms with Gasteiger partial charge in [-0.15, -0.1) is 0 Å². The van der Waals surface area contributed by atoms with Gasteiger partial charge in [0.25, 0.3) is 0 Å². The van der Waals surface area contributed by atoms with Crippen molar-refractivity contribution in [2.24, 2.45) is 0 Å². The number of fused-ring (bicyclic) bond motifs is 4. The Morgan fingerprint density at radius 3 is 1.46 bits per heavy atom. The first-order valence-electron chi connectivity index (χ1n) is 19.4. The quantitative estimate of drug-likeness (QED) is 0.142. The van der Waals surface area contributed by atoms with E-state index >= 15 is 0 Å². The lowest BCUT2D eigenvalue weighted by Crippen LogP contribution is -2.17. The lowest BCUT2D eigenvalue weighted by molar-refractivity contribution is 0.978. The Labute approximate surface area is 328 Å². The van der Waals surface area contributed by atoms with Crippen molar-refractivity contribution in [3.63, 3.8) is 0 Å². The number of benzene rings is 10. The van der Waals surface area contributed by atoms with Gasteiger partial charge in [0.15, 0.2) is 0 Å². The molecule has 10 aromatic carbocycles. The molecule has 264 valence electrons. The van der Waals surface area contributed by atoms with Crippen LogP contribution in [0.2, 0.25) is 0 Å². The van der Waals surface area contributed by atoms with E-state index in [0.29, 0.717) is 6.54 Å². The highest BCUT2D eigenvalue weighted by atomic mass is 15.1. The molecule has 0 fully saturated rings. The second kappa shape index (κ2) is 14.5. The van der Waals surface area contributed by atoms with E-state index < -0.39 is 0 Å². The van der Waals surface area contributed by atoms with Crippen molar-refractivity contribution < 1.29 is 0 Å². The van der Waals surface area contributed by atoms with Gasteiger partial charge in [-0.1, -0.05) is 182 Å². The molecule has 0 spiro atoms. The molecule has 56 heavy (non-hydrogen) atoms. The summed E-state index contributed by atoms with van der Waals surface area (Å²) in [6, 6.07) is 81.8. The highest BCUT2D eigenvalue weighted by molar-refractivity contribution is 6.13. The zero-order valence-corrected chi connectivity index (χ0v) is 31.0. The van der Waals surface area contributed by atoms with Gasteiger partial charge in [0.05, 0.1) is 0 Å². The van der Waals surface area contributed by atoms with Crippen LogP contribution in [0.1, 0.15) is 5.56 Å². The van der Waals surface area contributed by atoms with Crippen LogP contribution in [0.25, 0.3) is 76.8 Å². The molecule has 0 aromatic heterocycles. The van der Waals surface area contributed by atoms with Gasteiger partial charge in [0.1, 0.15) is 0 Å². The molecule has 0 amide bonds. The molecule has 0 bridgehead atoms. The Kier molecular flexibility index (Phi) is 8.67. The fourth-order valence-corrected chi connectivity index (χ4v) is 8.23. The molecule has 0 N–H and O–H groups in total. The second-order valence-corrected chi connectivity index (χ2v) is 14.5. The maximum atomic E-state index is 2.45. The number of hydrogen-bond acceptors (Lipinski definition) is 1. The summed E-state index contributed by atoms with van der Waals surface area (Å²) in [7, 11) is 0. The minimum Gasteiger partial charge on any atom is -0.337 e. The predicted molar refractivity (Wildman–Crippen MR) is 239 cm³/mol. The predicted octanol–water partition coefficient (Wildman–Crippen LogP) is 15.2. The smallest absolute Gasteiger partial charge is 0.0487 e. The third-order valence-electron chi connectivity index (χ3n) is 11.2. The van der Waals surface area contributed by atoms with E-state index in [4.69, 9.17) is 0 Å². The van der Waals surface area contributed by atoms with E-state index in [1.54, 1.807) is 0 Å². The lowest BCUT2D eigenvalue weighted by atomic mass is 9.93. The highest BCUT2D eigenvalue weighted by Gasteiger charge is 2.17. The van der Waals surface area contributed by atoms with E-state index in [2.05, 4.69) is 229 Å². The molecule has 0 aliphatic rings. The SMILES string of the molecule is c1ccc(-c2ccc(CN(c3ccc(-c4ccc5ccccc5c4)cc3)c3ccc(-c4cc5ccccc5c5ccccc45)cc3)c(-c3ccccc3)c2)cc1. The van der Waals surface area contributed by atoms with Crippen LogP contribution >= 0.6 is 0 Å². The largest absolute Gasteiger partial charge is 0.337 e. The molecule has 10 rings (SSSR count). The van der Waals surface area contributed by atoms with Gasteiger partial charge < -0.3 is 4.90 Å². The van der Waals surface area contributed by atoms with E-state index in [0.717, 1.165) is 11.4 Å². The van der Waals surface area contributed by atoms with E-state index in [-0.39, 0.29) is 0 Å². The average Bonchev–Trinajstić information content (AvgIpc) is 3.28. The summed E-state index contributed by atoms with van der Waals surface area (Å²) in [5.41, 5.74) is 13.3. The van der Waals surface area contributed by atoms with Gasteiger partial charge in [-0.25, -0.2) is 0 Å². The second-order valence-electron chi connectivity index (χ2n) is 14.5. The molecule has 1 nitrogen and oxygen atoms in total. The summed E-state index contributed by atoms with van der Waals surface area (Å²) in [6.07, 6.45) is 0. The third kappa shape index (κ3) is 6.40. The minimum absolute atomic E-state index is 0.701. The number of nitrogens with zero attached hydrogens (tertiary/aromatic N) is 1. The molecule has 1 heteroatoms. The van der Waals surface area contributed by atoms with Crippen LogP contribution in [0.5, 0.6) is 0 Å². The topological polar surface area (TPSA) is 3.24 Å². The molecule has 0 aliphatic heterocycles. The molecule has 0 heterocycles. The standard InChI is InChI=1S/C55H39N/c1-3-13-39(14-4-1)46-25-26-48(54(36-46)42-16-5-2-6-17-42)38-56(49-31-27-41(28-32-49)45-24-23-40-15-7-8-18-44(40)35-45)50-33-29-43(30-34-50)55-37-47-19-9-10-20-51(47)52-21-11-12-22-53(52)55/h1-37H,38H2. The first-order valence-corrected chi connectivity index (χ1v) is 19.4. The van der Waals surface area contributed by atoms with Gasteiger partial charge >= 0.3 is 0 Å². The summed E-state index contributed by atoms with van der Waals surface area (Å²) >= 11 is 0. The maximum Gasteiger partial charge on any atom is 0.0487 e. The summed E-state index contributed by atoms with van der Waals surface area (Å²) in [5.74, 6) is 0. The summed E-state index contributed by atoms with van der Waals surface area (Å²) in [5, 5.41) is 7.60. The molecule has 10 aromatic rings. The van der Waals surface area contributed by atoms with Crippen LogP contribution in [0.4, 0.5) is 11.4 Å². The van der Waals surface area contributed by atoms with E-state index in [1.807, 2.05) is 0 Å². The maximum absolute atomic E-state index is 2.45. The van der Waals surface area contributed by atoms with Crippen molar-refractivity contribution >= 4 is 43.7 Å². The summed E-state index contributed by atoms with van der Waals surface area (Å²) in [6.45, 7) is 0.701. The molecule has 0 radical (unpaired) electrons. The van der Waals surface area contributed by atoms with Gasteiger partial charge in [-0.3, -0.25) is 0 Å². The number of anilines is 2. The Balaban J connectivity index is 1.08. The zero-order chi connectivity index (χ0) is 37.3. The fourth-order valence-electron chi connectivity index (χ4n) is 8.23. The Hall–Kier alpha value is -7.22. The van der Waals surface area contributed by atoms with Crippen molar-refractivity contribution in [1.82, 2.24) is 0 Å². The van der Waals surface area contributed by atoms with Crippen molar-refractivity contribution in [2.75, 3.05) is 4.90 Å². The Bertz CT molecular complexity index is 2960. The van der Waals surface area contributed by atoms with Crippen LogP contribution in [-0.4, -0.2) is 0 Å². The van der Waals surface area contributed by atoms with Crippen LogP contribution in [0.3, 0.4) is 0 Å². The van der Waals surface area contributed by atoms with Gasteiger partial charge in [0.2, 0.25) is 0 Å². The molecule has 0 atom stereocenters. The monoisotopic (exact) mass is 713 g/mol. The molecule has 0 saturated carbocycles. The van der Waals surface area contributed by atoms with Crippen LogP contribution < -0.4 is 4.90 Å². The number of hydrogen-bond donors (Lipinski definition) is 0. The summed E-state index contributed by atoms with van der Waals surface area (Å²) in [4.78, 5) is 2.45. The van der Waals surface area contributed by atoms with Crippen molar-refractivity contribution in [1.29, 1.82) is 0 Å². The normalized spacial score (nSPS) is 11.3. The average molecular weight is 714 g/mol. The Morgan fingerprint density at radius 2 is 0.750 bits per heavy atom. The van der Waals surface area contributed by atoms with E-state index in [9.17, 15) is 0 Å². The van der Waals surface area contributed by atoms with E-state index in [1.165, 1.54) is 82.4 Å². The van der Waals surface area contributed by atoms with Crippen molar-refractivity contribution in [3.8, 4) is 44.5 Å². The van der Waals surface area contributed by atoms with Crippen molar-refractivity contribution in [3.05, 3.63) is 230 Å². The molecular weight excluding hydrogens is 675 g/mol. The Morgan fingerprint density at radius 1 is 0.268 bits per heavy atom. The lowest BCUT2D eigenvalue weighted by Gasteiger charge is -2.27. The summed E-state index contributed by atoms with van der Waals surface area (Å²) < 4.78 is 0. The highest BCUT2D eigenvalue weighted by Crippen LogP contribution is 2.39. The third-order valence-corrected chi connectivity index (χ3v) is 11.2. The van der Waals surface area contributed by atoms with Gasteiger partial charge in [-0.2, -0.15) is 0 Å². The van der Waals surface area contributed by atoms with Gasteiger partial charge in [0, 0.05) is 17.9 Å². The van der Waals surface area contributed by atoms with Crippen molar-refractivity contribution in [2.45, 2.75) is 6.54 Å². The minimum atomic E-state index is 0.701. The zero-order valence-electron chi connectivity index (χ0n) is 31.0. The molecule has 0 aliphatic carbocycles. The van der Waals surface area contributed by atoms with Crippen LogP contribution in [-0.2, 0) is 6.54 Å².